The molecule has 0 aromatic heterocycles. The zero-order valence-electron chi connectivity index (χ0n) is 50.0. The van der Waals surface area contributed by atoms with Gasteiger partial charge < -0.3 is 112 Å². The molecule has 7 aromatic carbocycles. The van der Waals surface area contributed by atoms with Crippen LogP contribution in [0.4, 0.5) is 0 Å². The molecule has 23 nitrogen and oxygen atoms in total. The Morgan fingerprint density at radius 2 is 0.360 bits per heavy atom. The Bertz CT molecular complexity index is 3100. The van der Waals surface area contributed by atoms with Crippen molar-refractivity contribution >= 4 is 47.8 Å². The average Bonchev–Trinajstić information content (AvgIpc) is 3.65. The molecule has 0 saturated carbocycles. The molecule has 0 heterocycles. The van der Waals surface area contributed by atoms with Crippen molar-refractivity contribution < 1.29 is 523 Å². The van der Waals surface area contributed by atoms with Crippen LogP contribution >= 0.6 is 0 Å². The van der Waals surface area contributed by atoms with Crippen molar-refractivity contribution in [3.8, 4) is 34.5 Å². The van der Waals surface area contributed by atoms with Gasteiger partial charge in [0.1, 0.15) is 74.1 Å². The van der Waals surface area contributed by atoms with E-state index in [1.165, 1.54) is 49.6 Å². The molecule has 0 aliphatic carbocycles. The molecule has 0 aliphatic rings. The Morgan fingerprint density at radius 1 is 0.225 bits per heavy atom. The van der Waals surface area contributed by atoms with Crippen molar-refractivity contribution in [1.82, 2.24) is 0 Å². The van der Waals surface area contributed by atoms with Gasteiger partial charge in [-0.05, 0) is 193 Å². The summed E-state index contributed by atoms with van der Waals surface area (Å²) in [5.74, 6) is -12.5. The van der Waals surface area contributed by atoms with Gasteiger partial charge in [0.15, 0.2) is 0 Å². The third-order valence-corrected chi connectivity index (χ3v) is 11.4. The first-order chi connectivity index (χ1) is 38.6. The summed E-state index contributed by atoms with van der Waals surface area (Å²) in [7, 11) is 1.44. The second-order valence-electron chi connectivity index (χ2n) is 17.6. The molecule has 0 amide bonds. The molecule has 416 valence electrons. The van der Waals surface area contributed by atoms with Gasteiger partial charge in [-0.15, -0.1) is 0 Å². The molecule has 31 heteroatoms. The fourth-order valence-corrected chi connectivity index (χ4v) is 7.85. The number of ether oxygens (including phenoxy) is 7. The minimum absolute atomic E-state index is 0. The van der Waals surface area contributed by atoms with E-state index in [0.717, 1.165) is 72.8 Å². The average molecular weight is 1420 g/mol. The molecule has 89 heavy (non-hydrogen) atoms. The third kappa shape index (κ3) is 30.7. The van der Waals surface area contributed by atoms with E-state index in [9.17, 15) is 79.2 Å². The summed E-state index contributed by atoms with van der Waals surface area (Å²) in [6.07, 6.45) is 0. The predicted octanol–water partition coefficient (Wildman–Crippen LogP) is -25.8. The molecule has 0 fully saturated rings. The molecule has 0 saturated heterocycles. The van der Waals surface area contributed by atoms with E-state index in [0.29, 0.717) is 16.7 Å². The number of rotatable bonds is 28. The fourth-order valence-electron chi connectivity index (χ4n) is 7.85. The first-order valence-corrected chi connectivity index (χ1v) is 23.5. The molecule has 0 atom stereocenters. The summed E-state index contributed by atoms with van der Waals surface area (Å²) >= 11 is 0. The maximum Gasteiger partial charge on any atom is 1.00 e. The van der Waals surface area contributed by atoms with E-state index in [1.54, 1.807) is 12.1 Å². The molecule has 0 bridgehead atoms. The van der Waals surface area contributed by atoms with Crippen LogP contribution in [0.15, 0.2) is 127 Å². The molecule has 7 aromatic rings. The van der Waals surface area contributed by atoms with Crippen LogP contribution in [0.1, 0.15) is 122 Å². The molecule has 7 rings (SSSR count). The van der Waals surface area contributed by atoms with Crippen LogP contribution in [0.25, 0.3) is 0 Å². The first-order valence-electron chi connectivity index (χ1n) is 23.5. The van der Waals surface area contributed by atoms with Crippen LogP contribution in [-0.4, -0.2) is 54.9 Å². The standard InChI is InChI=1S/C58H46O23.8K/c1-75-23-34-10-45(80-28-35-12-47(76-24-30-2-37(51(59)60)16-38(3-30)52(61)62)21-48(13-35)77-25-31-4-39(53(63)64)17-40(5-31)54(65)66)20-46(11-34)81-29-36-14-49(78-26-32-6-41(55(67)68)18-42(7-32)56(69)70)22-50(15-36)79-27-33-8-43(57(71)72)19-44(9-33)58(73)74;;;;;;;;/h2-22H,23-29H2,1H3,(H,59,60)(H,61,62)(H,63,64)(H,65,66)(H,67,68)(H,69,70)(H,71,72)(H,73,74);;;;;;;;/q;8*+1/p-8. The third-order valence-electron chi connectivity index (χ3n) is 11.4. The number of carbonyl (C=O) groups excluding carboxylic acids is 8. The van der Waals surface area contributed by atoms with Crippen LogP contribution in [-0.2, 0) is 51.0 Å². The molecular weight excluding hydrogens is 1380 g/mol. The van der Waals surface area contributed by atoms with Crippen LogP contribution < -0.4 is 480 Å². The van der Waals surface area contributed by atoms with E-state index in [4.69, 9.17) is 33.2 Å². The van der Waals surface area contributed by atoms with Crippen molar-refractivity contribution in [2.75, 3.05) is 7.11 Å². The van der Waals surface area contributed by atoms with Crippen LogP contribution in [0.5, 0.6) is 34.5 Å². The van der Waals surface area contributed by atoms with Crippen LogP contribution in [0.3, 0.4) is 0 Å². The Morgan fingerprint density at radius 3 is 0.494 bits per heavy atom. The Hall–Kier alpha value is 2.15. The quantitative estimate of drug-likeness (QED) is 0.0411. The Balaban J connectivity index is 0. The van der Waals surface area contributed by atoms with Gasteiger partial charge in [-0.2, -0.15) is 0 Å². The number of aromatic carboxylic acids is 8. The SMILES string of the molecule is COCc1cc(OCc2cc(OCc3cc(C(=O)[O-])cc(C(=O)[O-])c3)cc(OCc3cc(C(=O)[O-])cc(C(=O)[O-])c3)c2)cc(OCc2cc(OCc3cc(C(=O)[O-])cc(C(=O)[O-])c3)cc(OCc3cc(C(=O)[O-])cc(C(=O)[O-])c3)c2)c1.[K+].[K+].[K+].[K+].[K+].[K+].[K+].[K+]. The number of carboxylic acid groups (broad SMARTS) is 8. The summed E-state index contributed by atoms with van der Waals surface area (Å²) in [6, 6.07) is 26.1. The Kier molecular flexibility index (Phi) is 48.7. The van der Waals surface area contributed by atoms with Gasteiger partial charge >= 0.3 is 411 Å². The smallest absolute Gasteiger partial charge is 0.545 e. The maximum absolute atomic E-state index is 11.7. The minimum atomic E-state index is -1.66. The normalized spacial score (nSPS) is 9.76. The van der Waals surface area contributed by atoms with Crippen LogP contribution in [0.2, 0.25) is 0 Å². The number of carboxylic acids is 8. The van der Waals surface area contributed by atoms with Crippen molar-refractivity contribution in [1.29, 1.82) is 0 Å². The topological polar surface area (TPSA) is 386 Å². The molecule has 0 unspecified atom stereocenters. The summed E-state index contributed by atoms with van der Waals surface area (Å²) in [6.45, 7) is -1.92. The minimum Gasteiger partial charge on any atom is -0.545 e. The summed E-state index contributed by atoms with van der Waals surface area (Å²) in [4.78, 5) is 93.3. The fraction of sp³-hybridized carbons (Fsp3) is 0.138. The van der Waals surface area contributed by atoms with Gasteiger partial charge in [0.25, 0.3) is 0 Å². The van der Waals surface area contributed by atoms with Gasteiger partial charge in [0.2, 0.25) is 0 Å². The van der Waals surface area contributed by atoms with Crippen molar-refractivity contribution in [2.45, 2.75) is 46.2 Å². The molecular formula is C58H38K8O23. The van der Waals surface area contributed by atoms with Gasteiger partial charge in [-0.3, -0.25) is 0 Å². The van der Waals surface area contributed by atoms with E-state index in [2.05, 4.69) is 0 Å². The monoisotopic (exact) mass is 1410 g/mol. The van der Waals surface area contributed by atoms with Crippen molar-refractivity contribution in [3.63, 3.8) is 0 Å². The van der Waals surface area contributed by atoms with E-state index in [1.807, 2.05) is 0 Å². The van der Waals surface area contributed by atoms with Crippen molar-refractivity contribution in [3.05, 3.63) is 211 Å². The molecule has 0 aliphatic heterocycles. The zero-order valence-corrected chi connectivity index (χ0v) is 74.9. The second-order valence-corrected chi connectivity index (χ2v) is 17.6. The summed E-state index contributed by atoms with van der Waals surface area (Å²) in [5.41, 5.74) is -1.98. The summed E-state index contributed by atoms with van der Waals surface area (Å²) in [5, 5.41) is 93.3. The van der Waals surface area contributed by atoms with Gasteiger partial charge in [0.05, 0.1) is 54.4 Å². The Labute approximate surface area is 848 Å². The maximum atomic E-state index is 11.7. The van der Waals surface area contributed by atoms with E-state index >= 15 is 0 Å². The van der Waals surface area contributed by atoms with Crippen LogP contribution in [0, 0.1) is 0 Å². The number of carbonyl (C=O) groups is 8. The van der Waals surface area contributed by atoms with Gasteiger partial charge in [0, 0.05) is 25.3 Å². The van der Waals surface area contributed by atoms with Gasteiger partial charge in [-0.25, -0.2) is 0 Å². The van der Waals surface area contributed by atoms with E-state index < -0.39 is 92.3 Å². The zero-order chi connectivity index (χ0) is 58.5. The summed E-state index contributed by atoms with van der Waals surface area (Å²) < 4.78 is 41.6. The number of hydrogen-bond acceptors (Lipinski definition) is 23. The molecule has 0 N–H and O–H groups in total. The predicted molar refractivity (Wildman–Crippen MR) is 256 cm³/mol. The first kappa shape index (κ1) is 93.2. The molecule has 0 radical (unpaired) electrons. The largest absolute Gasteiger partial charge is 1.00 e. The van der Waals surface area contributed by atoms with Crippen molar-refractivity contribution in [2.24, 2.45) is 0 Å². The number of methoxy groups -OCH3 is 1. The van der Waals surface area contributed by atoms with E-state index in [-0.39, 0.29) is 514 Å². The number of benzene rings is 7. The van der Waals surface area contributed by atoms with Gasteiger partial charge in [-0.1, -0.05) is 0 Å². The number of hydrogen-bond donors (Lipinski definition) is 0. The second kappa shape index (κ2) is 46.5. The molecule has 0 spiro atoms.